The van der Waals surface area contributed by atoms with Crippen LogP contribution in [0.25, 0.3) is 0 Å². The second-order valence-corrected chi connectivity index (χ2v) is 5.35. The van der Waals surface area contributed by atoms with Crippen LogP contribution in [0.2, 0.25) is 5.02 Å². The van der Waals surface area contributed by atoms with E-state index in [1.807, 2.05) is 31.2 Å². The van der Waals surface area contributed by atoms with Crippen molar-refractivity contribution in [3.8, 4) is 0 Å². The number of halogens is 1. The lowest BCUT2D eigenvalue weighted by Crippen LogP contribution is -2.36. The van der Waals surface area contributed by atoms with E-state index in [4.69, 9.17) is 11.6 Å². The van der Waals surface area contributed by atoms with Crippen LogP contribution in [-0.2, 0) is 4.79 Å². The van der Waals surface area contributed by atoms with Crippen LogP contribution in [0.3, 0.4) is 0 Å². The molecule has 0 bridgehead atoms. The van der Waals surface area contributed by atoms with Gasteiger partial charge in [-0.2, -0.15) is 0 Å². The molecule has 0 unspecified atom stereocenters. The lowest BCUT2D eigenvalue weighted by atomic mass is 10.1. The normalized spacial score (nSPS) is 16.3. The first-order valence-electron chi connectivity index (χ1n) is 6.40. The quantitative estimate of drug-likeness (QED) is 0.831. The Labute approximate surface area is 113 Å². The highest BCUT2D eigenvalue weighted by Crippen LogP contribution is 2.27. The van der Waals surface area contributed by atoms with E-state index in [0.717, 1.165) is 18.0 Å². The van der Waals surface area contributed by atoms with Crippen molar-refractivity contribution in [1.29, 1.82) is 0 Å². The van der Waals surface area contributed by atoms with Gasteiger partial charge in [0.2, 0.25) is 5.91 Å². The van der Waals surface area contributed by atoms with Crippen molar-refractivity contribution < 1.29 is 4.79 Å². The van der Waals surface area contributed by atoms with Crippen LogP contribution in [0.4, 0.5) is 0 Å². The van der Waals surface area contributed by atoms with Crippen LogP contribution in [0, 0.1) is 5.92 Å². The van der Waals surface area contributed by atoms with Crippen LogP contribution >= 0.6 is 11.6 Å². The van der Waals surface area contributed by atoms with Crippen LogP contribution in [-0.4, -0.2) is 19.0 Å². The molecule has 1 aromatic carbocycles. The molecule has 0 heterocycles. The average Bonchev–Trinajstić information content (AvgIpc) is 3.13. The smallest absolute Gasteiger partial charge is 0.234 e. The highest BCUT2D eigenvalue weighted by atomic mass is 35.5. The molecule has 0 aromatic heterocycles. The summed E-state index contributed by atoms with van der Waals surface area (Å²) in [5.41, 5.74) is 1.06. The summed E-state index contributed by atoms with van der Waals surface area (Å²) >= 11 is 5.83. The van der Waals surface area contributed by atoms with Crippen molar-refractivity contribution in [1.82, 2.24) is 10.6 Å². The Bertz CT molecular complexity index is 401. The molecule has 1 fully saturated rings. The largest absolute Gasteiger partial charge is 0.348 e. The third-order valence-electron chi connectivity index (χ3n) is 3.16. The van der Waals surface area contributed by atoms with E-state index in [2.05, 4.69) is 10.6 Å². The van der Waals surface area contributed by atoms with Gasteiger partial charge in [0.05, 0.1) is 12.6 Å². The minimum absolute atomic E-state index is 0.0116. The molecule has 0 radical (unpaired) electrons. The van der Waals surface area contributed by atoms with Gasteiger partial charge < -0.3 is 10.6 Å². The van der Waals surface area contributed by atoms with Gasteiger partial charge in [0, 0.05) is 5.02 Å². The maximum atomic E-state index is 11.7. The van der Waals surface area contributed by atoms with Crippen molar-refractivity contribution in [2.45, 2.75) is 25.8 Å². The Kier molecular flexibility index (Phi) is 4.61. The molecular weight excluding hydrogens is 248 g/mol. The zero-order valence-corrected chi connectivity index (χ0v) is 11.3. The number of benzene rings is 1. The zero-order valence-electron chi connectivity index (χ0n) is 10.6. The average molecular weight is 267 g/mol. The summed E-state index contributed by atoms with van der Waals surface area (Å²) in [5, 5.41) is 6.86. The lowest BCUT2D eigenvalue weighted by Gasteiger charge is -2.14. The van der Waals surface area contributed by atoms with Gasteiger partial charge in [0.15, 0.2) is 0 Å². The number of carbonyl (C=O) groups is 1. The SMILES string of the molecule is C[C@@H](NC(=O)CNCC1CC1)c1ccc(Cl)cc1. The minimum Gasteiger partial charge on any atom is -0.348 e. The Hall–Kier alpha value is -1.06. The second kappa shape index (κ2) is 6.21. The summed E-state index contributed by atoms with van der Waals surface area (Å²) in [6.07, 6.45) is 2.60. The Morgan fingerprint density at radius 3 is 2.67 bits per heavy atom. The number of hydrogen-bond donors (Lipinski definition) is 2. The molecule has 0 aliphatic heterocycles. The van der Waals surface area contributed by atoms with E-state index in [0.29, 0.717) is 11.6 Å². The molecular formula is C14H19ClN2O. The molecule has 98 valence electrons. The van der Waals surface area contributed by atoms with Crippen LogP contribution < -0.4 is 10.6 Å². The highest BCUT2D eigenvalue weighted by molar-refractivity contribution is 6.30. The van der Waals surface area contributed by atoms with E-state index in [-0.39, 0.29) is 11.9 Å². The molecule has 1 aromatic rings. The number of rotatable bonds is 6. The predicted octanol–water partition coefficient (Wildman–Crippen LogP) is 2.52. The maximum absolute atomic E-state index is 11.7. The summed E-state index contributed by atoms with van der Waals surface area (Å²) in [6, 6.07) is 7.56. The van der Waals surface area contributed by atoms with Crippen LogP contribution in [0.15, 0.2) is 24.3 Å². The Balaban J connectivity index is 1.73. The van der Waals surface area contributed by atoms with Gasteiger partial charge in [-0.15, -0.1) is 0 Å². The zero-order chi connectivity index (χ0) is 13.0. The summed E-state index contributed by atoms with van der Waals surface area (Å²) in [6.45, 7) is 3.33. The fourth-order valence-corrected chi connectivity index (χ4v) is 1.97. The van der Waals surface area contributed by atoms with Gasteiger partial charge >= 0.3 is 0 Å². The van der Waals surface area contributed by atoms with Gasteiger partial charge in [0.1, 0.15) is 0 Å². The van der Waals surface area contributed by atoms with Gasteiger partial charge in [0.25, 0.3) is 0 Å². The van der Waals surface area contributed by atoms with E-state index >= 15 is 0 Å². The summed E-state index contributed by atoms with van der Waals surface area (Å²) < 4.78 is 0. The minimum atomic E-state index is 0.0116. The monoisotopic (exact) mass is 266 g/mol. The van der Waals surface area contributed by atoms with Crippen molar-refractivity contribution in [2.75, 3.05) is 13.1 Å². The van der Waals surface area contributed by atoms with E-state index < -0.39 is 0 Å². The molecule has 1 aliphatic carbocycles. The molecule has 1 atom stereocenters. The first-order chi connectivity index (χ1) is 8.65. The number of hydrogen-bond acceptors (Lipinski definition) is 2. The molecule has 4 heteroatoms. The van der Waals surface area contributed by atoms with Crippen LogP contribution in [0.1, 0.15) is 31.4 Å². The molecule has 2 rings (SSSR count). The molecule has 2 N–H and O–H groups in total. The maximum Gasteiger partial charge on any atom is 0.234 e. The Morgan fingerprint density at radius 2 is 2.06 bits per heavy atom. The lowest BCUT2D eigenvalue weighted by molar-refractivity contribution is -0.120. The van der Waals surface area contributed by atoms with E-state index in [1.54, 1.807) is 0 Å². The number of carbonyl (C=O) groups excluding carboxylic acids is 1. The van der Waals surface area contributed by atoms with Gasteiger partial charge in [-0.05, 0) is 49.9 Å². The molecule has 1 amide bonds. The van der Waals surface area contributed by atoms with Crippen molar-refractivity contribution >= 4 is 17.5 Å². The van der Waals surface area contributed by atoms with Crippen molar-refractivity contribution in [3.63, 3.8) is 0 Å². The number of amides is 1. The standard InChI is InChI=1S/C14H19ClN2O/c1-10(12-4-6-13(15)7-5-12)17-14(18)9-16-8-11-2-3-11/h4-7,10-11,16H,2-3,8-9H2,1H3,(H,17,18)/t10-/m1/s1. The van der Waals surface area contributed by atoms with Crippen LogP contribution in [0.5, 0.6) is 0 Å². The molecule has 18 heavy (non-hydrogen) atoms. The summed E-state index contributed by atoms with van der Waals surface area (Å²) in [7, 11) is 0. The second-order valence-electron chi connectivity index (χ2n) is 4.92. The van der Waals surface area contributed by atoms with E-state index in [9.17, 15) is 4.79 Å². The highest BCUT2D eigenvalue weighted by Gasteiger charge is 2.20. The first kappa shape index (κ1) is 13.4. The van der Waals surface area contributed by atoms with Gasteiger partial charge in [-0.1, -0.05) is 23.7 Å². The fraction of sp³-hybridized carbons (Fsp3) is 0.500. The van der Waals surface area contributed by atoms with E-state index in [1.165, 1.54) is 12.8 Å². The fourth-order valence-electron chi connectivity index (χ4n) is 1.84. The first-order valence-corrected chi connectivity index (χ1v) is 6.78. The molecule has 0 saturated heterocycles. The Morgan fingerprint density at radius 1 is 1.39 bits per heavy atom. The molecule has 0 spiro atoms. The number of nitrogens with one attached hydrogen (secondary N) is 2. The topological polar surface area (TPSA) is 41.1 Å². The van der Waals surface area contributed by atoms with Crippen molar-refractivity contribution in [2.24, 2.45) is 5.92 Å². The predicted molar refractivity (Wildman–Crippen MR) is 73.6 cm³/mol. The third-order valence-corrected chi connectivity index (χ3v) is 3.41. The summed E-state index contributed by atoms with van der Waals surface area (Å²) in [4.78, 5) is 11.7. The molecule has 3 nitrogen and oxygen atoms in total. The third kappa shape index (κ3) is 4.31. The van der Waals surface area contributed by atoms with Gasteiger partial charge in [-0.3, -0.25) is 4.79 Å². The summed E-state index contributed by atoms with van der Waals surface area (Å²) in [5.74, 6) is 0.838. The van der Waals surface area contributed by atoms with Gasteiger partial charge in [-0.25, -0.2) is 0 Å². The van der Waals surface area contributed by atoms with Crippen molar-refractivity contribution in [3.05, 3.63) is 34.9 Å². The molecule has 1 aliphatic rings. The molecule has 1 saturated carbocycles.